The Labute approximate surface area is 122 Å². The average Bonchev–Trinajstić information content (AvgIpc) is 2.75. The number of hydrogen-bond donors (Lipinski definition) is 2. The number of nitrogen functional groups attached to an aromatic ring is 1. The predicted octanol–water partition coefficient (Wildman–Crippen LogP) is 2.56. The van der Waals surface area contributed by atoms with Crippen LogP contribution in [0.3, 0.4) is 0 Å². The largest absolute Gasteiger partial charge is 0.375 e. The SMILES string of the molecule is Cc1nc(N)sc1C(=O)N[C@H](c1cccnc1)C(C)C. The van der Waals surface area contributed by atoms with Crippen LogP contribution >= 0.6 is 11.3 Å². The van der Waals surface area contributed by atoms with Crippen LogP contribution in [0.4, 0.5) is 5.13 Å². The second-order valence-electron chi connectivity index (χ2n) is 4.95. The molecule has 0 radical (unpaired) electrons. The standard InChI is InChI=1S/C14H18N4OS/c1-8(2)11(10-5-4-6-16-7-10)18-13(19)12-9(3)17-14(15)20-12/h4-8,11H,1-3H3,(H2,15,17)(H,18,19)/t11-/m0/s1. The molecule has 1 atom stereocenters. The molecule has 0 saturated heterocycles. The maximum absolute atomic E-state index is 12.4. The second kappa shape index (κ2) is 6.00. The highest BCUT2D eigenvalue weighted by molar-refractivity contribution is 7.17. The van der Waals surface area contributed by atoms with Gasteiger partial charge in [-0.2, -0.15) is 0 Å². The summed E-state index contributed by atoms with van der Waals surface area (Å²) in [6.07, 6.45) is 3.50. The molecule has 6 heteroatoms. The van der Waals surface area contributed by atoms with E-state index in [4.69, 9.17) is 5.73 Å². The summed E-state index contributed by atoms with van der Waals surface area (Å²) in [5, 5.41) is 3.45. The highest BCUT2D eigenvalue weighted by Gasteiger charge is 2.22. The van der Waals surface area contributed by atoms with Gasteiger partial charge < -0.3 is 11.1 Å². The monoisotopic (exact) mass is 290 g/mol. The molecule has 2 aromatic heterocycles. The fraction of sp³-hybridized carbons (Fsp3) is 0.357. The van der Waals surface area contributed by atoms with Gasteiger partial charge in [0, 0.05) is 12.4 Å². The fourth-order valence-corrected chi connectivity index (χ4v) is 2.77. The van der Waals surface area contributed by atoms with Crippen molar-refractivity contribution < 1.29 is 4.79 Å². The summed E-state index contributed by atoms with van der Waals surface area (Å²) in [6.45, 7) is 5.91. The molecule has 0 aliphatic heterocycles. The van der Waals surface area contributed by atoms with Crippen LogP contribution in [-0.2, 0) is 0 Å². The normalized spacial score (nSPS) is 12.4. The van der Waals surface area contributed by atoms with Crippen molar-refractivity contribution in [1.82, 2.24) is 15.3 Å². The fourth-order valence-electron chi connectivity index (χ4n) is 2.03. The predicted molar refractivity (Wildman–Crippen MR) is 80.5 cm³/mol. The third kappa shape index (κ3) is 3.14. The Kier molecular flexibility index (Phi) is 4.34. The summed E-state index contributed by atoms with van der Waals surface area (Å²) in [4.78, 5) is 21.1. The van der Waals surface area contributed by atoms with E-state index in [1.807, 2.05) is 12.1 Å². The van der Waals surface area contributed by atoms with Crippen molar-refractivity contribution in [3.63, 3.8) is 0 Å². The minimum absolute atomic E-state index is 0.0843. The molecular formula is C14H18N4OS. The average molecular weight is 290 g/mol. The summed E-state index contributed by atoms with van der Waals surface area (Å²) >= 11 is 1.21. The molecule has 5 nitrogen and oxygen atoms in total. The molecule has 106 valence electrons. The molecule has 0 aliphatic rings. The first-order valence-electron chi connectivity index (χ1n) is 6.42. The van der Waals surface area contributed by atoms with Crippen LogP contribution in [0.15, 0.2) is 24.5 Å². The Morgan fingerprint density at radius 2 is 2.20 bits per heavy atom. The van der Waals surface area contributed by atoms with Crippen molar-refractivity contribution in [3.05, 3.63) is 40.7 Å². The van der Waals surface area contributed by atoms with Crippen LogP contribution in [-0.4, -0.2) is 15.9 Å². The van der Waals surface area contributed by atoms with Crippen LogP contribution in [0.2, 0.25) is 0 Å². The number of hydrogen-bond acceptors (Lipinski definition) is 5. The van der Waals surface area contributed by atoms with Crippen molar-refractivity contribution in [2.75, 3.05) is 5.73 Å². The molecule has 0 fully saturated rings. The number of anilines is 1. The van der Waals surface area contributed by atoms with Gasteiger partial charge in [0.25, 0.3) is 5.91 Å². The number of rotatable bonds is 4. The van der Waals surface area contributed by atoms with Gasteiger partial charge in [-0.15, -0.1) is 0 Å². The number of pyridine rings is 1. The first-order chi connectivity index (χ1) is 9.49. The van der Waals surface area contributed by atoms with Gasteiger partial charge in [-0.05, 0) is 24.5 Å². The van der Waals surface area contributed by atoms with E-state index in [1.54, 1.807) is 19.3 Å². The summed E-state index contributed by atoms with van der Waals surface area (Å²) in [7, 11) is 0. The van der Waals surface area contributed by atoms with Crippen molar-refractivity contribution in [1.29, 1.82) is 0 Å². The maximum atomic E-state index is 12.4. The zero-order valence-corrected chi connectivity index (χ0v) is 12.6. The van der Waals surface area contributed by atoms with E-state index in [0.29, 0.717) is 15.7 Å². The van der Waals surface area contributed by atoms with Gasteiger partial charge in [0.15, 0.2) is 5.13 Å². The number of aromatic nitrogens is 2. The molecule has 0 saturated carbocycles. The molecule has 1 amide bonds. The molecule has 0 aliphatic carbocycles. The molecule has 0 unspecified atom stereocenters. The van der Waals surface area contributed by atoms with Gasteiger partial charge in [0.1, 0.15) is 4.88 Å². The summed E-state index contributed by atoms with van der Waals surface area (Å²) in [6, 6.07) is 3.75. The van der Waals surface area contributed by atoms with Crippen molar-refractivity contribution in [2.24, 2.45) is 5.92 Å². The number of thiazole rings is 1. The minimum atomic E-state index is -0.140. The van der Waals surface area contributed by atoms with Crippen LogP contribution in [0.1, 0.15) is 40.8 Å². The number of carbonyl (C=O) groups is 1. The first-order valence-corrected chi connectivity index (χ1v) is 7.24. The summed E-state index contributed by atoms with van der Waals surface area (Å²) in [5.41, 5.74) is 7.29. The molecule has 0 aromatic carbocycles. The molecule has 2 rings (SSSR count). The van der Waals surface area contributed by atoms with E-state index >= 15 is 0 Å². The van der Waals surface area contributed by atoms with Gasteiger partial charge in [-0.25, -0.2) is 4.98 Å². The van der Waals surface area contributed by atoms with Gasteiger partial charge in [-0.1, -0.05) is 31.3 Å². The number of nitrogens with zero attached hydrogens (tertiary/aromatic N) is 2. The van der Waals surface area contributed by atoms with Crippen LogP contribution in [0.25, 0.3) is 0 Å². The molecule has 2 aromatic rings. The van der Waals surface area contributed by atoms with E-state index in [9.17, 15) is 4.79 Å². The van der Waals surface area contributed by atoms with Gasteiger partial charge in [0.2, 0.25) is 0 Å². The van der Waals surface area contributed by atoms with E-state index in [1.165, 1.54) is 11.3 Å². The van der Waals surface area contributed by atoms with Crippen molar-refractivity contribution in [3.8, 4) is 0 Å². The highest BCUT2D eigenvalue weighted by atomic mass is 32.1. The Morgan fingerprint density at radius 1 is 1.45 bits per heavy atom. The van der Waals surface area contributed by atoms with Crippen molar-refractivity contribution in [2.45, 2.75) is 26.8 Å². The molecule has 2 heterocycles. The lowest BCUT2D eigenvalue weighted by Crippen LogP contribution is -2.31. The van der Waals surface area contributed by atoms with Gasteiger partial charge >= 0.3 is 0 Å². The smallest absolute Gasteiger partial charge is 0.263 e. The lowest BCUT2D eigenvalue weighted by Gasteiger charge is -2.22. The number of amides is 1. The molecule has 20 heavy (non-hydrogen) atoms. The summed E-state index contributed by atoms with van der Waals surface area (Å²) < 4.78 is 0. The Balaban J connectivity index is 2.21. The van der Waals surface area contributed by atoms with E-state index in [2.05, 4.69) is 29.1 Å². The zero-order valence-electron chi connectivity index (χ0n) is 11.8. The lowest BCUT2D eigenvalue weighted by molar-refractivity contribution is 0.0929. The first kappa shape index (κ1) is 14.5. The Bertz CT molecular complexity index is 594. The number of nitrogens with one attached hydrogen (secondary N) is 1. The topological polar surface area (TPSA) is 80.9 Å². The Morgan fingerprint density at radius 3 is 2.70 bits per heavy atom. The third-order valence-electron chi connectivity index (χ3n) is 3.02. The van der Waals surface area contributed by atoms with Crippen LogP contribution < -0.4 is 11.1 Å². The Hall–Kier alpha value is -1.95. The number of aryl methyl sites for hydroxylation is 1. The minimum Gasteiger partial charge on any atom is -0.375 e. The number of nitrogens with two attached hydrogens (primary N) is 1. The van der Waals surface area contributed by atoms with Gasteiger partial charge in [-0.3, -0.25) is 9.78 Å². The summed E-state index contributed by atoms with van der Waals surface area (Å²) in [5.74, 6) is 0.118. The lowest BCUT2D eigenvalue weighted by atomic mass is 9.97. The van der Waals surface area contributed by atoms with E-state index in [0.717, 1.165) is 5.56 Å². The van der Waals surface area contributed by atoms with Crippen molar-refractivity contribution >= 4 is 22.4 Å². The van der Waals surface area contributed by atoms with Gasteiger partial charge in [0.05, 0.1) is 11.7 Å². The van der Waals surface area contributed by atoms with E-state index in [-0.39, 0.29) is 17.9 Å². The van der Waals surface area contributed by atoms with E-state index < -0.39 is 0 Å². The molecular weight excluding hydrogens is 272 g/mol. The maximum Gasteiger partial charge on any atom is 0.263 e. The van der Waals surface area contributed by atoms with Crippen LogP contribution in [0.5, 0.6) is 0 Å². The number of carbonyl (C=O) groups excluding carboxylic acids is 1. The quantitative estimate of drug-likeness (QED) is 0.906. The zero-order chi connectivity index (χ0) is 14.7. The van der Waals surface area contributed by atoms with Crippen LogP contribution in [0, 0.1) is 12.8 Å². The third-order valence-corrected chi connectivity index (χ3v) is 4.00. The second-order valence-corrected chi connectivity index (χ2v) is 5.98. The molecule has 0 bridgehead atoms. The highest BCUT2D eigenvalue weighted by Crippen LogP contribution is 2.24. The molecule has 3 N–H and O–H groups in total. The molecule has 0 spiro atoms.